The number of allylic oxidation sites excluding steroid dienone is 4. The maximum absolute atomic E-state index is 11.2. The van der Waals surface area contributed by atoms with Crippen LogP contribution < -0.4 is 5.32 Å². The second kappa shape index (κ2) is 3.47. The SMILES string of the molecule is O=C1CCOC2=C(C=CCC=C2)N1. The van der Waals surface area contributed by atoms with Gasteiger partial charge in [0.25, 0.3) is 0 Å². The first kappa shape index (κ1) is 8.10. The molecule has 0 fully saturated rings. The van der Waals surface area contributed by atoms with Crippen LogP contribution in [0.5, 0.6) is 0 Å². The minimum absolute atomic E-state index is 0.0185. The van der Waals surface area contributed by atoms with E-state index in [1.54, 1.807) is 0 Å². The zero-order chi connectivity index (χ0) is 9.10. The first-order valence-corrected chi connectivity index (χ1v) is 4.36. The predicted molar refractivity (Wildman–Crippen MR) is 48.6 cm³/mol. The summed E-state index contributed by atoms with van der Waals surface area (Å²) in [6.45, 7) is 0.461. The van der Waals surface area contributed by atoms with E-state index in [0.29, 0.717) is 13.0 Å². The summed E-state index contributed by atoms with van der Waals surface area (Å²) < 4.78 is 5.42. The molecule has 0 aromatic rings. The number of rotatable bonds is 0. The summed E-state index contributed by atoms with van der Waals surface area (Å²) in [6, 6.07) is 0. The van der Waals surface area contributed by atoms with Crippen LogP contribution in [0.1, 0.15) is 12.8 Å². The maximum atomic E-state index is 11.2. The molecule has 0 saturated carbocycles. The second-order valence-corrected chi connectivity index (χ2v) is 2.97. The Bertz CT molecular complexity index is 313. The van der Waals surface area contributed by atoms with Crippen LogP contribution in [0.25, 0.3) is 0 Å². The third kappa shape index (κ3) is 1.80. The highest BCUT2D eigenvalue weighted by atomic mass is 16.5. The molecule has 0 spiro atoms. The zero-order valence-corrected chi connectivity index (χ0v) is 7.25. The molecule has 0 saturated heterocycles. The Hall–Kier alpha value is -1.51. The Morgan fingerprint density at radius 1 is 1.31 bits per heavy atom. The quantitative estimate of drug-likeness (QED) is 0.604. The van der Waals surface area contributed by atoms with E-state index in [-0.39, 0.29) is 5.91 Å². The van der Waals surface area contributed by atoms with Gasteiger partial charge in [0.05, 0.1) is 18.7 Å². The lowest BCUT2D eigenvalue weighted by Crippen LogP contribution is -2.20. The minimum Gasteiger partial charge on any atom is -0.491 e. The lowest BCUT2D eigenvalue weighted by molar-refractivity contribution is -0.120. The Labute approximate surface area is 76.8 Å². The molecule has 2 rings (SSSR count). The van der Waals surface area contributed by atoms with Crippen molar-refractivity contribution in [3.63, 3.8) is 0 Å². The molecular weight excluding hydrogens is 166 g/mol. The molecule has 1 aliphatic carbocycles. The number of hydrogen-bond donors (Lipinski definition) is 1. The zero-order valence-electron chi connectivity index (χ0n) is 7.25. The Balaban J connectivity index is 2.31. The van der Waals surface area contributed by atoms with Crippen molar-refractivity contribution in [2.75, 3.05) is 6.61 Å². The smallest absolute Gasteiger partial charge is 0.227 e. The fourth-order valence-electron chi connectivity index (χ4n) is 1.31. The van der Waals surface area contributed by atoms with E-state index in [9.17, 15) is 4.79 Å². The average molecular weight is 177 g/mol. The fourth-order valence-corrected chi connectivity index (χ4v) is 1.31. The van der Waals surface area contributed by atoms with Gasteiger partial charge in [-0.15, -0.1) is 0 Å². The molecule has 0 atom stereocenters. The number of hydrogen-bond acceptors (Lipinski definition) is 2. The maximum Gasteiger partial charge on any atom is 0.227 e. The van der Waals surface area contributed by atoms with E-state index in [0.717, 1.165) is 17.9 Å². The highest BCUT2D eigenvalue weighted by Gasteiger charge is 2.13. The molecule has 2 aliphatic rings. The summed E-state index contributed by atoms with van der Waals surface area (Å²) in [5.74, 6) is 0.782. The van der Waals surface area contributed by atoms with Gasteiger partial charge < -0.3 is 10.1 Å². The van der Waals surface area contributed by atoms with Crippen LogP contribution in [0.4, 0.5) is 0 Å². The Morgan fingerprint density at radius 2 is 2.15 bits per heavy atom. The van der Waals surface area contributed by atoms with Gasteiger partial charge in [-0.3, -0.25) is 4.79 Å². The molecule has 3 heteroatoms. The van der Waals surface area contributed by atoms with Crippen molar-refractivity contribution in [2.24, 2.45) is 0 Å². The normalized spacial score (nSPS) is 21.4. The van der Waals surface area contributed by atoms with Gasteiger partial charge in [-0.1, -0.05) is 12.2 Å². The summed E-state index contributed by atoms with van der Waals surface area (Å²) in [4.78, 5) is 11.2. The molecule has 0 radical (unpaired) electrons. The van der Waals surface area contributed by atoms with Crippen LogP contribution in [-0.4, -0.2) is 12.5 Å². The Kier molecular flexibility index (Phi) is 2.17. The van der Waals surface area contributed by atoms with E-state index in [4.69, 9.17) is 4.74 Å². The second-order valence-electron chi connectivity index (χ2n) is 2.97. The topological polar surface area (TPSA) is 38.3 Å². The van der Waals surface area contributed by atoms with Gasteiger partial charge in [-0.05, 0) is 18.6 Å². The van der Waals surface area contributed by atoms with Crippen LogP contribution in [-0.2, 0) is 9.53 Å². The molecule has 3 nitrogen and oxygen atoms in total. The largest absolute Gasteiger partial charge is 0.491 e. The van der Waals surface area contributed by atoms with Crippen molar-refractivity contribution in [2.45, 2.75) is 12.8 Å². The van der Waals surface area contributed by atoms with Crippen LogP contribution in [0.15, 0.2) is 35.8 Å². The number of carbonyl (C=O) groups is 1. The van der Waals surface area contributed by atoms with Crippen LogP contribution in [0.2, 0.25) is 0 Å². The summed E-state index contributed by atoms with van der Waals surface area (Å²) in [7, 11) is 0. The first-order chi connectivity index (χ1) is 6.36. The Morgan fingerprint density at radius 3 is 3.08 bits per heavy atom. The van der Waals surface area contributed by atoms with Crippen molar-refractivity contribution >= 4 is 5.91 Å². The van der Waals surface area contributed by atoms with E-state index in [2.05, 4.69) is 5.32 Å². The van der Waals surface area contributed by atoms with Gasteiger partial charge in [0, 0.05) is 0 Å². The van der Waals surface area contributed by atoms with Crippen molar-refractivity contribution < 1.29 is 9.53 Å². The molecular formula is C10H11NO2. The summed E-state index contributed by atoms with van der Waals surface area (Å²) in [6.07, 6.45) is 9.10. The molecule has 0 aromatic carbocycles. The van der Waals surface area contributed by atoms with Crippen LogP contribution in [0, 0.1) is 0 Å². The van der Waals surface area contributed by atoms with Gasteiger partial charge in [-0.25, -0.2) is 0 Å². The number of amides is 1. The monoisotopic (exact) mass is 177 g/mol. The van der Waals surface area contributed by atoms with Crippen LogP contribution >= 0.6 is 0 Å². The molecule has 1 aliphatic heterocycles. The number of ether oxygens (including phenoxy) is 1. The van der Waals surface area contributed by atoms with E-state index < -0.39 is 0 Å². The van der Waals surface area contributed by atoms with Gasteiger partial charge >= 0.3 is 0 Å². The van der Waals surface area contributed by atoms with Crippen molar-refractivity contribution in [1.29, 1.82) is 0 Å². The molecule has 1 amide bonds. The van der Waals surface area contributed by atoms with Gasteiger partial charge in [0.1, 0.15) is 5.76 Å². The lowest BCUT2D eigenvalue weighted by atomic mass is 10.3. The molecule has 0 aromatic heterocycles. The third-order valence-corrected chi connectivity index (χ3v) is 1.95. The van der Waals surface area contributed by atoms with Gasteiger partial charge in [-0.2, -0.15) is 0 Å². The summed E-state index contributed by atoms with van der Waals surface area (Å²) >= 11 is 0. The summed E-state index contributed by atoms with van der Waals surface area (Å²) in [5.41, 5.74) is 0.774. The average Bonchev–Trinajstić information content (AvgIpc) is 2.38. The van der Waals surface area contributed by atoms with Gasteiger partial charge in [0.2, 0.25) is 5.91 Å². The molecule has 68 valence electrons. The van der Waals surface area contributed by atoms with Gasteiger partial charge in [0.15, 0.2) is 0 Å². The van der Waals surface area contributed by atoms with Crippen molar-refractivity contribution in [3.8, 4) is 0 Å². The molecule has 0 unspecified atom stereocenters. The summed E-state index contributed by atoms with van der Waals surface area (Å²) in [5, 5.41) is 2.80. The number of nitrogens with one attached hydrogen (secondary N) is 1. The van der Waals surface area contributed by atoms with E-state index >= 15 is 0 Å². The first-order valence-electron chi connectivity index (χ1n) is 4.36. The molecule has 13 heavy (non-hydrogen) atoms. The fraction of sp³-hybridized carbons (Fsp3) is 0.300. The molecule has 1 heterocycles. The minimum atomic E-state index is 0.0185. The standard InChI is InChI=1S/C10H11NO2/c12-10-6-7-13-9-5-3-1-2-4-8(9)11-10/h2-5H,1,6-7H2,(H,11,12). The third-order valence-electron chi connectivity index (χ3n) is 1.95. The highest BCUT2D eigenvalue weighted by molar-refractivity contribution is 5.79. The van der Waals surface area contributed by atoms with E-state index in [1.165, 1.54) is 0 Å². The van der Waals surface area contributed by atoms with Crippen molar-refractivity contribution in [3.05, 3.63) is 35.8 Å². The van der Waals surface area contributed by atoms with E-state index in [1.807, 2.05) is 24.3 Å². The molecule has 0 bridgehead atoms. The predicted octanol–water partition coefficient (Wildman–Crippen LogP) is 1.25. The molecule has 1 N–H and O–H groups in total. The number of carbonyl (C=O) groups excluding carboxylic acids is 1. The van der Waals surface area contributed by atoms with Crippen molar-refractivity contribution in [1.82, 2.24) is 5.32 Å². The van der Waals surface area contributed by atoms with Crippen LogP contribution in [0.3, 0.4) is 0 Å². The lowest BCUT2D eigenvalue weighted by Gasteiger charge is -2.04. The highest BCUT2D eigenvalue weighted by Crippen LogP contribution is 2.15.